The third kappa shape index (κ3) is 5.01. The van der Waals surface area contributed by atoms with Crippen LogP contribution in [-0.4, -0.2) is 32.1 Å². The summed E-state index contributed by atoms with van der Waals surface area (Å²) >= 11 is 3.48. The second-order valence-corrected chi connectivity index (χ2v) is 10.1. The third-order valence-corrected chi connectivity index (χ3v) is 7.00. The van der Waals surface area contributed by atoms with Gasteiger partial charge in [0.15, 0.2) is 17.3 Å². The van der Waals surface area contributed by atoms with Crippen LogP contribution in [0.15, 0.2) is 69.5 Å². The number of ether oxygens (including phenoxy) is 3. The van der Waals surface area contributed by atoms with Crippen LogP contribution in [0, 0.1) is 0 Å². The maximum Gasteiger partial charge on any atom is 0.337 e. The van der Waals surface area contributed by atoms with E-state index in [0.717, 1.165) is 21.3 Å². The van der Waals surface area contributed by atoms with Gasteiger partial charge in [0.2, 0.25) is 0 Å². The Morgan fingerprint density at radius 3 is 2.29 bits per heavy atom. The van der Waals surface area contributed by atoms with E-state index in [1.54, 1.807) is 14.2 Å². The number of allylic oxidation sites excluding steroid dienone is 3. The predicted molar refractivity (Wildman–Crippen MR) is 138 cm³/mol. The van der Waals surface area contributed by atoms with E-state index in [9.17, 15) is 9.59 Å². The van der Waals surface area contributed by atoms with Crippen molar-refractivity contribution in [3.05, 3.63) is 80.6 Å². The number of carbonyl (C=O) groups excluding carboxylic acids is 2. The number of nitrogens with one attached hydrogen (secondary N) is 1. The molecular formula is C28H30BrNO5. The average Bonchev–Trinajstić information content (AvgIpc) is 2.82. The minimum atomic E-state index is -0.482. The van der Waals surface area contributed by atoms with Crippen molar-refractivity contribution in [3.63, 3.8) is 0 Å². The van der Waals surface area contributed by atoms with E-state index >= 15 is 0 Å². The van der Waals surface area contributed by atoms with E-state index in [0.29, 0.717) is 41.2 Å². The molecule has 7 heteroatoms. The lowest BCUT2D eigenvalue weighted by atomic mass is 9.71. The van der Waals surface area contributed by atoms with Gasteiger partial charge in [0.1, 0.15) is 0 Å². The number of dihydropyridines is 1. The standard InChI is InChI=1S/C28H30BrNO5/c1-15(2)35-28(32)25-16(3)30-21-12-19(18-8-11-23(33-4)24(14-18)34-5)13-22(31)27(21)26(25)17-6-9-20(29)10-7-17/h6-11,14-15,19,26,30H,12-13H2,1-5H3/t19-,26-/m0/s1. The fourth-order valence-corrected chi connectivity index (χ4v) is 5.18. The van der Waals surface area contributed by atoms with Gasteiger partial charge in [-0.05, 0) is 68.5 Å². The van der Waals surface area contributed by atoms with Crippen molar-refractivity contribution in [2.75, 3.05) is 14.2 Å². The van der Waals surface area contributed by atoms with Crippen molar-refractivity contribution in [2.24, 2.45) is 0 Å². The molecule has 0 saturated heterocycles. The number of halogens is 1. The molecule has 0 unspecified atom stereocenters. The van der Waals surface area contributed by atoms with E-state index in [4.69, 9.17) is 14.2 Å². The smallest absolute Gasteiger partial charge is 0.337 e. The number of methoxy groups -OCH3 is 2. The van der Waals surface area contributed by atoms with Crippen LogP contribution in [0.5, 0.6) is 11.5 Å². The van der Waals surface area contributed by atoms with E-state index in [2.05, 4.69) is 21.2 Å². The van der Waals surface area contributed by atoms with Gasteiger partial charge in [-0.3, -0.25) is 4.79 Å². The van der Waals surface area contributed by atoms with Gasteiger partial charge < -0.3 is 19.5 Å². The number of ketones is 1. The number of hydrogen-bond acceptors (Lipinski definition) is 6. The largest absolute Gasteiger partial charge is 0.493 e. The lowest BCUT2D eigenvalue weighted by molar-refractivity contribution is -0.143. The molecule has 1 heterocycles. The predicted octanol–water partition coefficient (Wildman–Crippen LogP) is 5.78. The first-order chi connectivity index (χ1) is 16.7. The van der Waals surface area contributed by atoms with Crippen molar-refractivity contribution in [1.29, 1.82) is 0 Å². The molecule has 2 atom stereocenters. The molecule has 0 aromatic heterocycles. The van der Waals surface area contributed by atoms with E-state index < -0.39 is 11.9 Å². The summed E-state index contributed by atoms with van der Waals surface area (Å²) in [5.41, 5.74) is 4.59. The SMILES string of the molecule is COc1ccc([C@@H]2CC(=O)C3=C(C2)NC(C)=C(C(=O)OC(C)C)[C@@H]3c2ccc(Br)cc2)cc1OC. The normalized spacial score (nSPS) is 19.9. The van der Waals surface area contributed by atoms with Crippen molar-refractivity contribution >= 4 is 27.7 Å². The molecular weight excluding hydrogens is 510 g/mol. The van der Waals surface area contributed by atoms with E-state index in [1.807, 2.05) is 63.2 Å². The van der Waals surface area contributed by atoms with Crippen LogP contribution in [0.2, 0.25) is 0 Å². The zero-order chi connectivity index (χ0) is 25.3. The maximum atomic E-state index is 13.7. The highest BCUT2D eigenvalue weighted by Crippen LogP contribution is 2.46. The monoisotopic (exact) mass is 539 g/mol. The minimum Gasteiger partial charge on any atom is -0.493 e. The van der Waals surface area contributed by atoms with Crippen molar-refractivity contribution in [1.82, 2.24) is 5.32 Å². The van der Waals surface area contributed by atoms with Gasteiger partial charge >= 0.3 is 5.97 Å². The average molecular weight is 540 g/mol. The number of esters is 1. The number of carbonyl (C=O) groups is 2. The summed E-state index contributed by atoms with van der Waals surface area (Å²) in [6.07, 6.45) is 0.724. The first-order valence-electron chi connectivity index (χ1n) is 11.7. The molecule has 184 valence electrons. The number of rotatable bonds is 6. The summed E-state index contributed by atoms with van der Waals surface area (Å²) in [5.74, 6) is 0.404. The maximum absolute atomic E-state index is 13.7. The van der Waals surface area contributed by atoms with Gasteiger partial charge in [-0.1, -0.05) is 34.1 Å². The molecule has 2 aromatic carbocycles. The van der Waals surface area contributed by atoms with Crippen molar-refractivity contribution in [2.45, 2.75) is 51.6 Å². The molecule has 0 fully saturated rings. The Kier molecular flexibility index (Phi) is 7.36. The second-order valence-electron chi connectivity index (χ2n) is 9.14. The van der Waals surface area contributed by atoms with Crippen molar-refractivity contribution in [3.8, 4) is 11.5 Å². The molecule has 0 saturated carbocycles. The summed E-state index contributed by atoms with van der Waals surface area (Å²) in [7, 11) is 3.20. The number of Topliss-reactive ketones (excluding diaryl/α,β-unsaturated/α-hetero) is 1. The Bertz CT molecular complexity index is 1210. The number of benzene rings is 2. The molecule has 6 nitrogen and oxygen atoms in total. The lowest BCUT2D eigenvalue weighted by Crippen LogP contribution is -2.36. The fraction of sp³-hybridized carbons (Fsp3) is 0.357. The van der Waals surface area contributed by atoms with Crippen LogP contribution < -0.4 is 14.8 Å². The molecule has 1 aliphatic carbocycles. The molecule has 35 heavy (non-hydrogen) atoms. The lowest BCUT2D eigenvalue weighted by Gasteiger charge is -2.37. The molecule has 0 amide bonds. The van der Waals surface area contributed by atoms with E-state index in [-0.39, 0.29) is 17.8 Å². The summed E-state index contributed by atoms with van der Waals surface area (Å²) in [6.45, 7) is 5.52. The van der Waals surface area contributed by atoms with Gasteiger partial charge in [-0.25, -0.2) is 4.79 Å². The van der Waals surface area contributed by atoms with Crippen LogP contribution in [0.4, 0.5) is 0 Å². The Balaban J connectivity index is 1.77. The highest BCUT2D eigenvalue weighted by molar-refractivity contribution is 9.10. The summed E-state index contributed by atoms with van der Waals surface area (Å²) in [6, 6.07) is 13.5. The van der Waals surface area contributed by atoms with Crippen LogP contribution in [0.3, 0.4) is 0 Å². The summed E-state index contributed by atoms with van der Waals surface area (Å²) in [5, 5.41) is 3.39. The first kappa shape index (κ1) is 25.0. The van der Waals surface area contributed by atoms with Crippen LogP contribution in [0.25, 0.3) is 0 Å². The Morgan fingerprint density at radius 1 is 1.00 bits per heavy atom. The van der Waals surface area contributed by atoms with Crippen molar-refractivity contribution < 1.29 is 23.8 Å². The topological polar surface area (TPSA) is 73.9 Å². The molecule has 2 aromatic rings. The first-order valence-corrected chi connectivity index (χ1v) is 12.4. The highest BCUT2D eigenvalue weighted by atomic mass is 79.9. The zero-order valence-corrected chi connectivity index (χ0v) is 22.2. The van der Waals surface area contributed by atoms with Gasteiger partial charge in [0.25, 0.3) is 0 Å². The van der Waals surface area contributed by atoms with Gasteiger partial charge in [-0.15, -0.1) is 0 Å². The minimum absolute atomic E-state index is 0.0175. The number of hydrogen-bond donors (Lipinski definition) is 1. The summed E-state index contributed by atoms with van der Waals surface area (Å²) in [4.78, 5) is 26.9. The Hall–Kier alpha value is -3.06. The molecule has 4 rings (SSSR count). The quantitative estimate of drug-likeness (QED) is 0.469. The molecule has 0 radical (unpaired) electrons. The summed E-state index contributed by atoms with van der Waals surface area (Å²) < 4.78 is 17.4. The van der Waals surface area contributed by atoms with E-state index in [1.165, 1.54) is 0 Å². The van der Waals surface area contributed by atoms with Crippen LogP contribution in [0.1, 0.15) is 56.6 Å². The van der Waals surface area contributed by atoms with Gasteiger partial charge in [0.05, 0.1) is 25.9 Å². The third-order valence-electron chi connectivity index (χ3n) is 6.47. The second kappa shape index (κ2) is 10.3. The Labute approximate surface area is 214 Å². The Morgan fingerprint density at radius 2 is 1.66 bits per heavy atom. The zero-order valence-electron chi connectivity index (χ0n) is 20.6. The molecule has 0 bridgehead atoms. The fourth-order valence-electron chi connectivity index (χ4n) is 4.92. The molecule has 1 aliphatic heterocycles. The highest BCUT2D eigenvalue weighted by Gasteiger charge is 2.41. The van der Waals surface area contributed by atoms with Crippen LogP contribution >= 0.6 is 15.9 Å². The van der Waals surface area contributed by atoms with Gasteiger partial charge in [0, 0.05) is 33.8 Å². The molecule has 0 spiro atoms. The van der Waals surface area contributed by atoms with Crippen LogP contribution in [-0.2, 0) is 14.3 Å². The van der Waals surface area contributed by atoms with Gasteiger partial charge in [-0.2, -0.15) is 0 Å². The molecule has 2 aliphatic rings. The molecule has 1 N–H and O–H groups in total.